The Labute approximate surface area is 168 Å². The van der Waals surface area contributed by atoms with Gasteiger partial charge in [-0.3, -0.25) is 9.59 Å². The molecule has 0 aliphatic carbocycles. The van der Waals surface area contributed by atoms with E-state index in [1.165, 1.54) is 0 Å². The molecular weight excluding hydrogens is 348 g/mol. The third-order valence-corrected chi connectivity index (χ3v) is 5.64. The van der Waals surface area contributed by atoms with Gasteiger partial charge in [0.1, 0.15) is 6.17 Å². The van der Waals surface area contributed by atoms with Crippen molar-refractivity contribution in [2.24, 2.45) is 11.3 Å². The monoisotopic (exact) mass is 378 g/mol. The van der Waals surface area contributed by atoms with Crippen LogP contribution in [0.3, 0.4) is 0 Å². The van der Waals surface area contributed by atoms with Crippen LogP contribution in [0.2, 0.25) is 0 Å². The van der Waals surface area contributed by atoms with Crippen LogP contribution in [0.15, 0.2) is 60.7 Å². The second kappa shape index (κ2) is 7.78. The lowest BCUT2D eigenvalue weighted by Crippen LogP contribution is -2.68. The van der Waals surface area contributed by atoms with Gasteiger partial charge in [-0.05, 0) is 31.0 Å². The Morgan fingerprint density at radius 1 is 0.964 bits per heavy atom. The molecule has 1 aliphatic rings. The van der Waals surface area contributed by atoms with Gasteiger partial charge in [0.2, 0.25) is 5.91 Å². The van der Waals surface area contributed by atoms with E-state index < -0.39 is 0 Å². The summed E-state index contributed by atoms with van der Waals surface area (Å²) in [5.74, 6) is -0.183. The Hall–Kier alpha value is -2.62. The fourth-order valence-corrected chi connectivity index (χ4v) is 4.34. The average Bonchev–Trinajstić information content (AvgIpc) is 2.68. The van der Waals surface area contributed by atoms with E-state index in [2.05, 4.69) is 20.8 Å². The lowest BCUT2D eigenvalue weighted by molar-refractivity contribution is -0.157. The lowest BCUT2D eigenvalue weighted by atomic mass is 9.81. The summed E-state index contributed by atoms with van der Waals surface area (Å²) in [4.78, 5) is 30.5. The molecule has 2 aromatic rings. The molecule has 1 aliphatic heterocycles. The molecule has 28 heavy (non-hydrogen) atoms. The molecule has 0 spiro atoms. The van der Waals surface area contributed by atoms with Crippen molar-refractivity contribution in [2.45, 2.75) is 46.3 Å². The van der Waals surface area contributed by atoms with Crippen LogP contribution in [-0.2, 0) is 11.2 Å². The van der Waals surface area contributed by atoms with Crippen molar-refractivity contribution in [1.29, 1.82) is 0 Å². The first-order valence-corrected chi connectivity index (χ1v) is 9.90. The standard InChI is InChI=1S/C24H30N2O2/c1-17-20(16-18-12-8-6-9-13-18)22(28)25(5)23(24(2,3)4)26(17)21(27)19-14-10-7-11-15-19/h6-15,17,20,23H,16H2,1-5H3/t17-,20-,23+/m1/s1. The molecule has 0 saturated carbocycles. The summed E-state index contributed by atoms with van der Waals surface area (Å²) >= 11 is 0. The summed E-state index contributed by atoms with van der Waals surface area (Å²) in [5, 5.41) is 0. The van der Waals surface area contributed by atoms with E-state index in [9.17, 15) is 9.59 Å². The highest BCUT2D eigenvalue weighted by molar-refractivity contribution is 5.96. The Morgan fingerprint density at radius 3 is 2.04 bits per heavy atom. The van der Waals surface area contributed by atoms with Gasteiger partial charge in [-0.15, -0.1) is 0 Å². The average molecular weight is 379 g/mol. The third kappa shape index (κ3) is 3.82. The number of nitrogens with zero attached hydrogens (tertiary/aromatic N) is 2. The largest absolute Gasteiger partial charge is 0.324 e. The van der Waals surface area contributed by atoms with Crippen LogP contribution in [0, 0.1) is 11.3 Å². The van der Waals surface area contributed by atoms with Crippen molar-refractivity contribution < 1.29 is 9.59 Å². The molecule has 0 bridgehead atoms. The maximum atomic E-state index is 13.5. The molecule has 1 heterocycles. The highest BCUT2D eigenvalue weighted by atomic mass is 16.2. The van der Waals surface area contributed by atoms with Gasteiger partial charge < -0.3 is 9.80 Å². The molecule has 4 nitrogen and oxygen atoms in total. The van der Waals surface area contributed by atoms with E-state index in [1.807, 2.05) is 79.5 Å². The summed E-state index contributed by atoms with van der Waals surface area (Å²) in [7, 11) is 1.83. The molecule has 2 aromatic carbocycles. The van der Waals surface area contributed by atoms with Gasteiger partial charge in [-0.25, -0.2) is 0 Å². The predicted octanol–water partition coefficient (Wildman–Crippen LogP) is 4.22. The van der Waals surface area contributed by atoms with Gasteiger partial charge in [-0.1, -0.05) is 69.3 Å². The van der Waals surface area contributed by atoms with Gasteiger partial charge in [0.05, 0.1) is 5.92 Å². The number of carbonyl (C=O) groups excluding carboxylic acids is 2. The van der Waals surface area contributed by atoms with Crippen LogP contribution >= 0.6 is 0 Å². The topological polar surface area (TPSA) is 40.6 Å². The van der Waals surface area contributed by atoms with Crippen molar-refractivity contribution in [1.82, 2.24) is 9.80 Å². The van der Waals surface area contributed by atoms with E-state index in [-0.39, 0.29) is 35.4 Å². The quantitative estimate of drug-likeness (QED) is 0.802. The second-order valence-corrected chi connectivity index (χ2v) is 8.80. The molecular formula is C24H30N2O2. The van der Waals surface area contributed by atoms with Gasteiger partial charge in [0, 0.05) is 24.1 Å². The molecule has 148 valence electrons. The minimum atomic E-state index is -0.297. The Balaban J connectivity index is 2.01. The smallest absolute Gasteiger partial charge is 0.255 e. The van der Waals surface area contributed by atoms with E-state index >= 15 is 0 Å². The van der Waals surface area contributed by atoms with Crippen LogP contribution in [0.25, 0.3) is 0 Å². The summed E-state index contributed by atoms with van der Waals surface area (Å²) < 4.78 is 0. The fourth-order valence-electron chi connectivity index (χ4n) is 4.34. The van der Waals surface area contributed by atoms with Crippen LogP contribution in [0.4, 0.5) is 0 Å². The zero-order valence-corrected chi connectivity index (χ0v) is 17.4. The summed E-state index contributed by atoms with van der Waals surface area (Å²) in [6.07, 6.45) is 0.329. The molecule has 0 N–H and O–H groups in total. The minimum absolute atomic E-state index is 0.0227. The molecule has 3 rings (SSSR count). The molecule has 0 aromatic heterocycles. The fraction of sp³-hybridized carbons (Fsp3) is 0.417. The molecule has 1 fully saturated rings. The van der Waals surface area contributed by atoms with Gasteiger partial charge >= 0.3 is 0 Å². The molecule has 1 saturated heterocycles. The molecule has 4 heteroatoms. The normalized spacial score (nSPS) is 23.0. The van der Waals surface area contributed by atoms with E-state index in [4.69, 9.17) is 0 Å². The zero-order chi connectivity index (χ0) is 20.5. The second-order valence-electron chi connectivity index (χ2n) is 8.80. The van der Waals surface area contributed by atoms with E-state index in [0.717, 1.165) is 5.56 Å². The summed E-state index contributed by atoms with van der Waals surface area (Å²) in [6.45, 7) is 8.25. The predicted molar refractivity (Wildman–Crippen MR) is 112 cm³/mol. The number of rotatable bonds is 3. The van der Waals surface area contributed by atoms with Gasteiger partial charge in [-0.2, -0.15) is 0 Å². The van der Waals surface area contributed by atoms with Crippen molar-refractivity contribution in [3.05, 3.63) is 71.8 Å². The number of carbonyl (C=O) groups is 2. The highest BCUT2D eigenvalue weighted by Crippen LogP contribution is 2.37. The minimum Gasteiger partial charge on any atom is -0.324 e. The molecule has 0 unspecified atom stereocenters. The van der Waals surface area contributed by atoms with Crippen molar-refractivity contribution in [2.75, 3.05) is 7.05 Å². The van der Waals surface area contributed by atoms with Crippen molar-refractivity contribution in [3.8, 4) is 0 Å². The summed E-state index contributed by atoms with van der Waals surface area (Å²) in [5.41, 5.74) is 1.51. The van der Waals surface area contributed by atoms with E-state index in [0.29, 0.717) is 12.0 Å². The molecule has 0 radical (unpaired) electrons. The molecule has 3 atom stereocenters. The highest BCUT2D eigenvalue weighted by Gasteiger charge is 2.49. The maximum absolute atomic E-state index is 13.5. The van der Waals surface area contributed by atoms with E-state index in [1.54, 1.807) is 4.90 Å². The number of benzene rings is 2. The van der Waals surface area contributed by atoms with Gasteiger partial charge in [0.25, 0.3) is 5.91 Å². The Kier molecular flexibility index (Phi) is 5.59. The Bertz CT molecular complexity index is 827. The van der Waals surface area contributed by atoms with Crippen molar-refractivity contribution in [3.63, 3.8) is 0 Å². The molecule has 2 amide bonds. The van der Waals surface area contributed by atoms with Crippen LogP contribution in [0.5, 0.6) is 0 Å². The van der Waals surface area contributed by atoms with Crippen LogP contribution in [0.1, 0.15) is 43.6 Å². The third-order valence-electron chi connectivity index (χ3n) is 5.64. The van der Waals surface area contributed by atoms with Crippen molar-refractivity contribution >= 4 is 11.8 Å². The lowest BCUT2D eigenvalue weighted by Gasteiger charge is -2.54. The number of hydrogen-bond donors (Lipinski definition) is 0. The maximum Gasteiger partial charge on any atom is 0.255 e. The van der Waals surface area contributed by atoms with Crippen LogP contribution < -0.4 is 0 Å². The number of hydrogen-bond acceptors (Lipinski definition) is 2. The zero-order valence-electron chi connectivity index (χ0n) is 17.4. The first-order chi connectivity index (χ1) is 13.2. The number of amides is 2. The van der Waals surface area contributed by atoms with Gasteiger partial charge in [0.15, 0.2) is 0 Å². The Morgan fingerprint density at radius 2 is 1.50 bits per heavy atom. The summed E-state index contributed by atoms with van der Waals surface area (Å²) in [6, 6.07) is 19.2. The van der Waals surface area contributed by atoms with Crippen LogP contribution in [-0.4, -0.2) is 40.9 Å². The first kappa shape index (κ1) is 20.1. The first-order valence-electron chi connectivity index (χ1n) is 9.90. The SMILES string of the molecule is C[C@@H]1[C@@H](Cc2ccccc2)C(=O)N(C)[C@H](C(C)(C)C)N1C(=O)c1ccccc1.